The summed E-state index contributed by atoms with van der Waals surface area (Å²) in [7, 11) is 0. The van der Waals surface area contributed by atoms with E-state index in [4.69, 9.17) is 15.0 Å². The molecule has 0 saturated carbocycles. The van der Waals surface area contributed by atoms with Gasteiger partial charge in [-0.15, -0.1) is 0 Å². The Bertz CT molecular complexity index is 2240. The lowest BCUT2D eigenvalue weighted by atomic mass is 9.79. The van der Waals surface area contributed by atoms with Crippen molar-refractivity contribution in [3.05, 3.63) is 139 Å². The predicted molar refractivity (Wildman–Crippen MR) is 197 cm³/mol. The van der Waals surface area contributed by atoms with Gasteiger partial charge < -0.3 is 5.11 Å². The van der Waals surface area contributed by atoms with Crippen molar-refractivity contribution in [2.45, 2.75) is 52.4 Å². The average Bonchev–Trinajstić information content (AvgIpc) is 3.48. The predicted octanol–water partition coefficient (Wildman–Crippen LogP) is 10.8. The first-order valence-electron chi connectivity index (χ1n) is 16.4. The first-order chi connectivity index (χ1) is 23.0. The first kappa shape index (κ1) is 31.1. The second kappa shape index (κ2) is 11.9. The van der Waals surface area contributed by atoms with Crippen molar-refractivity contribution >= 4 is 11.2 Å². The fourth-order valence-corrected chi connectivity index (χ4v) is 6.23. The molecule has 0 saturated heterocycles. The lowest BCUT2D eigenvalue weighted by molar-refractivity contribution is 0.446. The summed E-state index contributed by atoms with van der Waals surface area (Å²) >= 11 is 0. The van der Waals surface area contributed by atoms with Crippen molar-refractivity contribution in [3.8, 4) is 56.3 Å². The zero-order valence-corrected chi connectivity index (χ0v) is 28.4. The second-order valence-corrected chi connectivity index (χ2v) is 14.4. The Morgan fingerprint density at radius 2 is 1.27 bits per heavy atom. The molecular weight excluding hydrogens is 589 g/mol. The van der Waals surface area contributed by atoms with Gasteiger partial charge in [-0.1, -0.05) is 120 Å². The quantitative estimate of drug-likeness (QED) is 0.206. The molecule has 0 fully saturated rings. The number of aromatic nitrogens is 4. The number of hydrogen-bond acceptors (Lipinski definition) is 4. The molecule has 3 aromatic heterocycles. The van der Waals surface area contributed by atoms with Crippen molar-refractivity contribution in [1.29, 1.82) is 0 Å². The summed E-state index contributed by atoms with van der Waals surface area (Å²) in [5.41, 5.74) is 10.8. The third kappa shape index (κ3) is 5.77. The summed E-state index contributed by atoms with van der Waals surface area (Å²) in [5.74, 6) is 0.899. The van der Waals surface area contributed by atoms with Crippen LogP contribution in [0.1, 0.15) is 52.7 Å². The topological polar surface area (TPSA) is 63.8 Å². The normalized spacial score (nSPS) is 12.0. The minimum atomic E-state index is -0.277. The summed E-state index contributed by atoms with van der Waals surface area (Å²) in [5, 5.41) is 11.9. The van der Waals surface area contributed by atoms with Crippen LogP contribution in [0.2, 0.25) is 0 Å². The molecule has 7 aromatic rings. The Kier molecular flexibility index (Phi) is 7.71. The van der Waals surface area contributed by atoms with Crippen molar-refractivity contribution < 1.29 is 5.11 Å². The molecule has 5 nitrogen and oxygen atoms in total. The van der Waals surface area contributed by atoms with Crippen molar-refractivity contribution in [1.82, 2.24) is 19.5 Å². The molecule has 3 heterocycles. The van der Waals surface area contributed by atoms with Crippen LogP contribution in [0.5, 0.6) is 5.75 Å². The van der Waals surface area contributed by atoms with Gasteiger partial charge in [0.05, 0.1) is 11.3 Å². The van der Waals surface area contributed by atoms with Crippen LogP contribution in [0.15, 0.2) is 128 Å². The standard InChI is InChI=1S/C43H40N4O/c1-42(2,3)32-25-35(39(48)36(26-32)43(4,5)6)40-46-38-34(22-23-44-41(38)47(40)33-18-11-8-12-19-33)29-16-13-17-30(24-29)37-21-20-31(27-45-37)28-14-9-7-10-15-28/h7-27,48H,1-6H3. The van der Waals surface area contributed by atoms with Gasteiger partial charge in [0.25, 0.3) is 0 Å². The molecule has 0 spiro atoms. The molecule has 0 unspecified atom stereocenters. The highest BCUT2D eigenvalue weighted by Crippen LogP contribution is 2.44. The van der Waals surface area contributed by atoms with Crippen molar-refractivity contribution in [3.63, 3.8) is 0 Å². The molecule has 5 heteroatoms. The highest BCUT2D eigenvalue weighted by molar-refractivity contribution is 5.94. The molecule has 4 aromatic carbocycles. The van der Waals surface area contributed by atoms with E-state index < -0.39 is 0 Å². The fourth-order valence-electron chi connectivity index (χ4n) is 6.23. The molecule has 238 valence electrons. The molecule has 0 aliphatic carbocycles. The van der Waals surface area contributed by atoms with E-state index in [9.17, 15) is 5.11 Å². The lowest BCUT2D eigenvalue weighted by Crippen LogP contribution is -2.17. The van der Waals surface area contributed by atoms with Crippen LogP contribution in [0.4, 0.5) is 0 Å². The summed E-state index contributed by atoms with van der Waals surface area (Å²) in [6.45, 7) is 13.0. The number of hydrogen-bond donors (Lipinski definition) is 1. The van der Waals surface area contributed by atoms with E-state index in [-0.39, 0.29) is 16.6 Å². The zero-order valence-electron chi connectivity index (χ0n) is 28.4. The molecule has 0 atom stereocenters. The van der Waals surface area contributed by atoms with E-state index in [1.54, 1.807) is 0 Å². The molecule has 7 rings (SSSR count). The highest BCUT2D eigenvalue weighted by Gasteiger charge is 2.28. The molecule has 0 radical (unpaired) electrons. The SMILES string of the molecule is CC(C)(C)c1cc(-c2nc3c(-c4cccc(-c5ccc(-c6ccccc6)cn5)c4)ccnc3n2-c2ccccc2)c(O)c(C(C)(C)C)c1. The van der Waals surface area contributed by atoms with Crippen LogP contribution in [-0.4, -0.2) is 24.6 Å². The van der Waals surface area contributed by atoms with Gasteiger partial charge in [-0.05, 0) is 63.9 Å². The highest BCUT2D eigenvalue weighted by atomic mass is 16.3. The van der Waals surface area contributed by atoms with E-state index in [0.29, 0.717) is 11.4 Å². The van der Waals surface area contributed by atoms with Crippen molar-refractivity contribution in [2.24, 2.45) is 0 Å². The van der Waals surface area contributed by atoms with Gasteiger partial charge in [0, 0.05) is 40.3 Å². The van der Waals surface area contributed by atoms with Crippen molar-refractivity contribution in [2.75, 3.05) is 0 Å². The Morgan fingerprint density at radius 3 is 1.94 bits per heavy atom. The van der Waals surface area contributed by atoms with Gasteiger partial charge in [-0.2, -0.15) is 0 Å². The summed E-state index contributed by atoms with van der Waals surface area (Å²) in [6.07, 6.45) is 3.77. The zero-order chi connectivity index (χ0) is 33.6. The number of fused-ring (bicyclic) bond motifs is 1. The maximum Gasteiger partial charge on any atom is 0.165 e. The van der Waals surface area contributed by atoms with Gasteiger partial charge >= 0.3 is 0 Å². The number of para-hydroxylation sites is 1. The molecule has 0 aliphatic rings. The molecule has 0 aliphatic heterocycles. The van der Waals surface area contributed by atoms with Crippen LogP contribution >= 0.6 is 0 Å². The number of benzene rings is 4. The Morgan fingerprint density at radius 1 is 0.583 bits per heavy atom. The van der Waals surface area contributed by atoms with Gasteiger partial charge in [-0.3, -0.25) is 9.55 Å². The maximum absolute atomic E-state index is 11.9. The Labute approximate surface area is 282 Å². The Hall–Kier alpha value is -5.55. The largest absolute Gasteiger partial charge is 0.507 e. The van der Waals surface area contributed by atoms with Gasteiger partial charge in [0.1, 0.15) is 11.3 Å². The number of nitrogens with zero attached hydrogens (tertiary/aromatic N) is 4. The molecular formula is C43H40N4O. The maximum atomic E-state index is 11.9. The van der Waals surface area contributed by atoms with Crippen LogP contribution in [-0.2, 0) is 10.8 Å². The summed E-state index contributed by atoms with van der Waals surface area (Å²) in [6, 6.07) is 39.3. The summed E-state index contributed by atoms with van der Waals surface area (Å²) in [4.78, 5) is 15.0. The number of phenols is 1. The summed E-state index contributed by atoms with van der Waals surface area (Å²) < 4.78 is 2.07. The number of aromatic hydroxyl groups is 1. The first-order valence-corrected chi connectivity index (χ1v) is 16.4. The molecule has 0 amide bonds. The van der Waals surface area contributed by atoms with Gasteiger partial charge in [-0.25, -0.2) is 9.97 Å². The minimum absolute atomic E-state index is 0.136. The van der Waals surface area contributed by atoms with E-state index in [2.05, 4.69) is 119 Å². The van der Waals surface area contributed by atoms with E-state index in [1.807, 2.05) is 54.9 Å². The van der Waals surface area contributed by atoms with Crippen LogP contribution in [0, 0.1) is 0 Å². The van der Waals surface area contributed by atoms with E-state index >= 15 is 0 Å². The average molecular weight is 629 g/mol. The van der Waals surface area contributed by atoms with Gasteiger partial charge in [0.15, 0.2) is 11.5 Å². The van der Waals surface area contributed by atoms with E-state index in [0.717, 1.165) is 61.5 Å². The molecule has 1 N–H and O–H groups in total. The van der Waals surface area contributed by atoms with Crippen LogP contribution < -0.4 is 0 Å². The van der Waals surface area contributed by atoms with E-state index in [1.165, 1.54) is 0 Å². The lowest BCUT2D eigenvalue weighted by Gasteiger charge is -2.27. The number of imidazole rings is 1. The van der Waals surface area contributed by atoms with Gasteiger partial charge in [0.2, 0.25) is 0 Å². The van der Waals surface area contributed by atoms with Crippen LogP contribution in [0.3, 0.4) is 0 Å². The Balaban J connectivity index is 1.42. The smallest absolute Gasteiger partial charge is 0.165 e. The monoisotopic (exact) mass is 628 g/mol. The third-order valence-electron chi connectivity index (χ3n) is 8.93. The number of phenolic OH excluding ortho intramolecular Hbond substituents is 1. The molecule has 48 heavy (non-hydrogen) atoms. The third-order valence-corrected chi connectivity index (χ3v) is 8.93. The number of rotatable bonds is 5. The molecule has 0 bridgehead atoms. The second-order valence-electron chi connectivity index (χ2n) is 14.4. The van der Waals surface area contributed by atoms with Crippen LogP contribution in [0.25, 0.3) is 61.8 Å². The minimum Gasteiger partial charge on any atom is -0.507 e. The number of pyridine rings is 2. The fraction of sp³-hybridized carbons (Fsp3) is 0.186.